The van der Waals surface area contributed by atoms with Gasteiger partial charge in [0.05, 0.1) is 44.6 Å². The second-order valence-electron chi connectivity index (χ2n) is 13.8. The number of carbonyl (C=O) groups is 2. The summed E-state index contributed by atoms with van der Waals surface area (Å²) in [7, 11) is 0. The molecule has 3 aliphatic heterocycles. The summed E-state index contributed by atoms with van der Waals surface area (Å²) in [4.78, 5) is 48.8. The van der Waals surface area contributed by atoms with Crippen LogP contribution in [0.1, 0.15) is 43.0 Å². The number of aromatic nitrogens is 3. The Labute approximate surface area is 292 Å². The Morgan fingerprint density at radius 1 is 0.800 bits per heavy atom. The molecule has 1 aromatic heterocycles. The maximum absolute atomic E-state index is 13.1. The van der Waals surface area contributed by atoms with E-state index in [2.05, 4.69) is 27.4 Å². The van der Waals surface area contributed by atoms with Crippen LogP contribution >= 0.6 is 0 Å². The van der Waals surface area contributed by atoms with E-state index in [-0.39, 0.29) is 37.2 Å². The van der Waals surface area contributed by atoms with Gasteiger partial charge in [-0.2, -0.15) is 15.0 Å². The highest BCUT2D eigenvalue weighted by Crippen LogP contribution is 2.32. The molecule has 3 amide bonds. The number of rotatable bonds is 10. The molecule has 0 spiro atoms. The number of aliphatic hydroxyl groups is 2. The zero-order valence-electron chi connectivity index (χ0n) is 28.6. The second kappa shape index (κ2) is 15.3. The molecule has 14 nitrogen and oxygen atoms in total. The predicted octanol–water partition coefficient (Wildman–Crippen LogP) is 2.90. The number of amides is 3. The lowest BCUT2D eigenvalue weighted by molar-refractivity contribution is 0.0632. The highest BCUT2D eigenvalue weighted by atomic mass is 16.5. The van der Waals surface area contributed by atoms with Crippen LogP contribution in [0.3, 0.4) is 0 Å². The van der Waals surface area contributed by atoms with Gasteiger partial charge in [0.2, 0.25) is 11.9 Å². The average molecular weight is 686 g/mol. The number of morpholine rings is 1. The predicted molar refractivity (Wildman–Crippen MR) is 191 cm³/mol. The van der Waals surface area contributed by atoms with Crippen molar-refractivity contribution in [3.05, 3.63) is 54.1 Å². The van der Waals surface area contributed by atoms with Crippen molar-refractivity contribution in [3.8, 4) is 11.4 Å². The highest BCUT2D eigenvalue weighted by molar-refractivity contribution is 6.00. The van der Waals surface area contributed by atoms with E-state index in [9.17, 15) is 19.8 Å². The van der Waals surface area contributed by atoms with E-state index >= 15 is 0 Å². The van der Waals surface area contributed by atoms with Gasteiger partial charge in [0.15, 0.2) is 5.82 Å². The number of nitrogens with one attached hydrogen (secondary N) is 2. The van der Waals surface area contributed by atoms with Crippen LogP contribution in [-0.4, -0.2) is 131 Å². The summed E-state index contributed by atoms with van der Waals surface area (Å²) >= 11 is 0. The van der Waals surface area contributed by atoms with Crippen molar-refractivity contribution in [3.63, 3.8) is 0 Å². The van der Waals surface area contributed by atoms with E-state index < -0.39 is 6.03 Å². The Kier molecular flexibility index (Phi) is 10.4. The van der Waals surface area contributed by atoms with Crippen LogP contribution < -0.4 is 20.4 Å². The first-order chi connectivity index (χ1) is 24.4. The molecule has 3 aromatic rings. The molecule has 14 heteroatoms. The highest BCUT2D eigenvalue weighted by Gasteiger charge is 2.36. The minimum absolute atomic E-state index is 0.0193. The maximum atomic E-state index is 13.1. The molecule has 3 atom stereocenters. The Bertz CT molecular complexity index is 1620. The Morgan fingerprint density at radius 2 is 1.42 bits per heavy atom. The Morgan fingerprint density at radius 3 is 2.02 bits per heavy atom. The zero-order valence-corrected chi connectivity index (χ0v) is 28.6. The topological polar surface area (TPSA) is 160 Å². The maximum Gasteiger partial charge on any atom is 0.323 e. The summed E-state index contributed by atoms with van der Waals surface area (Å²) in [5, 5.41) is 25.9. The van der Waals surface area contributed by atoms with Gasteiger partial charge in [-0.1, -0.05) is 0 Å². The average Bonchev–Trinajstić information content (AvgIpc) is 3.86. The van der Waals surface area contributed by atoms with E-state index in [1.807, 2.05) is 21.9 Å². The molecule has 266 valence electrons. The van der Waals surface area contributed by atoms with Gasteiger partial charge in [-0.25, -0.2) is 4.79 Å². The third-order valence-corrected chi connectivity index (χ3v) is 10.2. The summed E-state index contributed by atoms with van der Waals surface area (Å²) in [6.45, 7) is 8.15. The first kappa shape index (κ1) is 34.1. The van der Waals surface area contributed by atoms with E-state index in [4.69, 9.17) is 19.7 Å². The number of aliphatic hydroxyl groups excluding tert-OH is 2. The van der Waals surface area contributed by atoms with Crippen molar-refractivity contribution in [2.75, 3.05) is 86.1 Å². The summed E-state index contributed by atoms with van der Waals surface area (Å²) in [5.74, 6) is 2.26. The largest absolute Gasteiger partial charge is 0.394 e. The summed E-state index contributed by atoms with van der Waals surface area (Å²) < 4.78 is 5.63. The molecule has 4 fully saturated rings. The second-order valence-corrected chi connectivity index (χ2v) is 13.8. The normalized spacial score (nSPS) is 22.9. The van der Waals surface area contributed by atoms with Crippen molar-refractivity contribution < 1.29 is 24.5 Å². The standard InChI is InChI=1S/C36H47N9O5/c1-24-23-50-19-18-44(24)34-39-32(40-35(41-34)45-30(21-46)12-13-31(45)22-47)26-4-8-28(9-5-26)37-36(49)38-29-10-6-27(7-11-29)33(48)43-16-14-42(15-17-43)20-25-2-3-25/h4-11,24-25,30-31,46-47H,2-3,12-23H2,1H3,(H2,37,38,49)/t24-,30-,31+/m1/s1. The van der Waals surface area contributed by atoms with E-state index in [1.165, 1.54) is 12.8 Å². The molecule has 0 bridgehead atoms. The number of hydrogen-bond acceptors (Lipinski definition) is 11. The number of carbonyl (C=O) groups excluding carboxylic acids is 2. The van der Waals surface area contributed by atoms with Gasteiger partial charge in [-0.15, -0.1) is 0 Å². The van der Waals surface area contributed by atoms with Crippen molar-refractivity contribution in [2.45, 2.75) is 50.7 Å². The fourth-order valence-electron chi connectivity index (χ4n) is 7.07. The molecule has 4 heterocycles. The molecule has 0 radical (unpaired) electrons. The third-order valence-electron chi connectivity index (χ3n) is 10.2. The molecule has 4 aliphatic rings. The molecular weight excluding hydrogens is 638 g/mol. The van der Waals surface area contributed by atoms with Gasteiger partial charge in [-0.05, 0) is 87.1 Å². The Hall–Kier alpha value is -4.37. The van der Waals surface area contributed by atoms with E-state index in [0.29, 0.717) is 54.4 Å². The fraction of sp³-hybridized carbons (Fsp3) is 0.528. The third kappa shape index (κ3) is 7.83. The zero-order chi connectivity index (χ0) is 34.6. The van der Waals surface area contributed by atoms with E-state index in [1.54, 1.807) is 36.4 Å². The number of piperazine rings is 1. The van der Waals surface area contributed by atoms with Crippen LogP contribution in [-0.2, 0) is 4.74 Å². The minimum atomic E-state index is -0.409. The van der Waals surface area contributed by atoms with Crippen LogP contribution in [0, 0.1) is 5.92 Å². The summed E-state index contributed by atoms with van der Waals surface area (Å²) in [5.41, 5.74) is 2.50. The van der Waals surface area contributed by atoms with Gasteiger partial charge in [0.1, 0.15) is 0 Å². The first-order valence-electron chi connectivity index (χ1n) is 17.8. The summed E-state index contributed by atoms with van der Waals surface area (Å²) in [6, 6.07) is 13.5. The first-order valence-corrected chi connectivity index (χ1v) is 17.8. The molecule has 2 aromatic carbocycles. The van der Waals surface area contributed by atoms with Crippen LogP contribution in [0.15, 0.2) is 48.5 Å². The summed E-state index contributed by atoms with van der Waals surface area (Å²) in [6.07, 6.45) is 4.13. The molecule has 0 unspecified atom stereocenters. The fourth-order valence-corrected chi connectivity index (χ4v) is 7.07. The SMILES string of the molecule is C[C@@H]1COCCN1c1nc(-c2ccc(NC(=O)Nc3ccc(C(=O)N4CCN(CC5CC5)CC4)cc3)cc2)nc(N2[C@H](CO)CC[C@@H]2CO)n1. The number of urea groups is 1. The van der Waals surface area contributed by atoms with Crippen molar-refractivity contribution >= 4 is 35.2 Å². The molecule has 1 aliphatic carbocycles. The number of benzene rings is 2. The smallest absolute Gasteiger partial charge is 0.323 e. The number of nitrogens with zero attached hydrogens (tertiary/aromatic N) is 7. The van der Waals surface area contributed by atoms with Gasteiger partial charge < -0.3 is 40.3 Å². The van der Waals surface area contributed by atoms with Gasteiger partial charge in [0.25, 0.3) is 5.91 Å². The van der Waals surface area contributed by atoms with Gasteiger partial charge in [0, 0.05) is 61.8 Å². The van der Waals surface area contributed by atoms with E-state index in [0.717, 1.165) is 57.0 Å². The van der Waals surface area contributed by atoms with Crippen molar-refractivity contribution in [2.24, 2.45) is 5.92 Å². The number of hydrogen-bond donors (Lipinski definition) is 4. The molecule has 7 rings (SSSR count). The van der Waals surface area contributed by atoms with Gasteiger partial charge >= 0.3 is 6.03 Å². The lowest BCUT2D eigenvalue weighted by Gasteiger charge is -2.34. The Balaban J connectivity index is 0.998. The molecule has 3 saturated heterocycles. The van der Waals surface area contributed by atoms with Crippen LogP contribution in [0.25, 0.3) is 11.4 Å². The van der Waals surface area contributed by atoms with Crippen LogP contribution in [0.4, 0.5) is 28.1 Å². The quantitative estimate of drug-likeness (QED) is 0.249. The monoisotopic (exact) mass is 685 g/mol. The minimum Gasteiger partial charge on any atom is -0.394 e. The van der Waals surface area contributed by atoms with Crippen LogP contribution in [0.5, 0.6) is 0 Å². The van der Waals surface area contributed by atoms with Gasteiger partial charge in [-0.3, -0.25) is 9.69 Å². The van der Waals surface area contributed by atoms with Crippen LogP contribution in [0.2, 0.25) is 0 Å². The molecule has 4 N–H and O–H groups in total. The lowest BCUT2D eigenvalue weighted by Crippen LogP contribution is -2.49. The number of ether oxygens (including phenoxy) is 1. The molecular formula is C36H47N9O5. The van der Waals surface area contributed by atoms with Crippen molar-refractivity contribution in [1.29, 1.82) is 0 Å². The van der Waals surface area contributed by atoms with Crippen molar-refractivity contribution in [1.82, 2.24) is 24.8 Å². The molecule has 1 saturated carbocycles. The lowest BCUT2D eigenvalue weighted by atomic mass is 10.1. The number of anilines is 4. The molecule has 50 heavy (non-hydrogen) atoms.